The standard InChI is InChI=1S/C19H20N4O/c24-19(14-16-15-23-9-5-4-8-18(23)20-16)22-12-10-21(11-13-22)17-6-2-1-3-7-17/h1-9,15H,10-14H2. The lowest BCUT2D eigenvalue weighted by Gasteiger charge is -2.36. The summed E-state index contributed by atoms with van der Waals surface area (Å²) in [6.07, 6.45) is 4.26. The molecule has 0 aliphatic carbocycles. The first kappa shape index (κ1) is 14.8. The second kappa shape index (κ2) is 6.35. The highest BCUT2D eigenvalue weighted by molar-refractivity contribution is 5.78. The largest absolute Gasteiger partial charge is 0.368 e. The highest BCUT2D eigenvalue weighted by atomic mass is 16.2. The van der Waals surface area contributed by atoms with Crippen LogP contribution in [-0.2, 0) is 11.2 Å². The van der Waals surface area contributed by atoms with Crippen molar-refractivity contribution in [2.75, 3.05) is 31.1 Å². The van der Waals surface area contributed by atoms with Gasteiger partial charge in [-0.2, -0.15) is 0 Å². The highest BCUT2D eigenvalue weighted by Crippen LogP contribution is 2.16. The fraction of sp³-hybridized carbons (Fsp3) is 0.263. The molecule has 1 saturated heterocycles. The van der Waals surface area contributed by atoms with Crippen LogP contribution >= 0.6 is 0 Å². The summed E-state index contributed by atoms with van der Waals surface area (Å²) >= 11 is 0. The van der Waals surface area contributed by atoms with E-state index in [9.17, 15) is 4.79 Å². The quantitative estimate of drug-likeness (QED) is 0.743. The molecule has 3 heterocycles. The molecule has 0 N–H and O–H groups in total. The molecule has 1 amide bonds. The molecule has 1 aliphatic rings. The van der Waals surface area contributed by atoms with Gasteiger partial charge >= 0.3 is 0 Å². The minimum absolute atomic E-state index is 0.158. The van der Waals surface area contributed by atoms with Gasteiger partial charge in [0.15, 0.2) is 0 Å². The molecule has 0 atom stereocenters. The molecular weight excluding hydrogens is 300 g/mol. The lowest BCUT2D eigenvalue weighted by molar-refractivity contribution is -0.130. The van der Waals surface area contributed by atoms with Gasteiger partial charge < -0.3 is 14.2 Å². The molecular formula is C19H20N4O. The van der Waals surface area contributed by atoms with Gasteiger partial charge in [0.25, 0.3) is 0 Å². The molecule has 0 unspecified atom stereocenters. The summed E-state index contributed by atoms with van der Waals surface area (Å²) < 4.78 is 1.95. The second-order valence-electron chi connectivity index (χ2n) is 6.08. The maximum atomic E-state index is 12.5. The SMILES string of the molecule is O=C(Cc1cn2ccccc2n1)N1CCN(c2ccccc2)CC1. The number of rotatable bonds is 3. The number of hydrogen-bond donors (Lipinski definition) is 0. The summed E-state index contributed by atoms with van der Waals surface area (Å²) in [5.74, 6) is 0.158. The average Bonchev–Trinajstić information content (AvgIpc) is 3.05. The highest BCUT2D eigenvalue weighted by Gasteiger charge is 2.21. The van der Waals surface area contributed by atoms with Crippen LogP contribution in [0.25, 0.3) is 5.65 Å². The molecule has 4 rings (SSSR count). The van der Waals surface area contributed by atoms with Gasteiger partial charge in [0.05, 0.1) is 12.1 Å². The van der Waals surface area contributed by atoms with Crippen molar-refractivity contribution < 1.29 is 4.79 Å². The zero-order chi connectivity index (χ0) is 16.4. The van der Waals surface area contributed by atoms with E-state index in [2.05, 4.69) is 34.1 Å². The lowest BCUT2D eigenvalue weighted by atomic mass is 10.2. The molecule has 1 fully saturated rings. The normalized spacial score (nSPS) is 15.0. The Bertz CT molecular complexity index is 802. The van der Waals surface area contributed by atoms with Gasteiger partial charge in [-0.15, -0.1) is 0 Å². The molecule has 2 aromatic heterocycles. The van der Waals surface area contributed by atoms with Crippen molar-refractivity contribution in [1.82, 2.24) is 14.3 Å². The second-order valence-corrected chi connectivity index (χ2v) is 6.08. The van der Waals surface area contributed by atoms with Crippen molar-refractivity contribution in [3.05, 3.63) is 66.6 Å². The molecule has 24 heavy (non-hydrogen) atoms. The number of aromatic nitrogens is 2. The summed E-state index contributed by atoms with van der Waals surface area (Å²) in [4.78, 5) is 21.3. The summed E-state index contributed by atoms with van der Waals surface area (Å²) in [7, 11) is 0. The molecule has 5 heteroatoms. The van der Waals surface area contributed by atoms with E-state index in [-0.39, 0.29) is 5.91 Å². The number of para-hydroxylation sites is 1. The number of benzene rings is 1. The first-order valence-corrected chi connectivity index (χ1v) is 8.30. The van der Waals surface area contributed by atoms with Crippen LogP contribution in [0, 0.1) is 0 Å². The lowest BCUT2D eigenvalue weighted by Crippen LogP contribution is -2.49. The Hall–Kier alpha value is -2.82. The van der Waals surface area contributed by atoms with Crippen LogP contribution in [0.4, 0.5) is 5.69 Å². The van der Waals surface area contributed by atoms with Crippen molar-refractivity contribution in [2.45, 2.75) is 6.42 Å². The summed E-state index contributed by atoms with van der Waals surface area (Å²) in [6.45, 7) is 3.28. The topological polar surface area (TPSA) is 40.9 Å². The molecule has 122 valence electrons. The number of fused-ring (bicyclic) bond motifs is 1. The first-order chi connectivity index (χ1) is 11.8. The zero-order valence-electron chi connectivity index (χ0n) is 13.5. The number of anilines is 1. The Morgan fingerprint density at radius 2 is 1.71 bits per heavy atom. The van der Waals surface area contributed by atoms with Crippen LogP contribution in [-0.4, -0.2) is 46.4 Å². The molecule has 0 spiro atoms. The number of piperazine rings is 1. The van der Waals surface area contributed by atoms with Gasteiger partial charge in [0.2, 0.25) is 5.91 Å². The van der Waals surface area contributed by atoms with E-state index in [4.69, 9.17) is 0 Å². The van der Waals surface area contributed by atoms with Crippen LogP contribution in [0.2, 0.25) is 0 Å². The van der Waals surface area contributed by atoms with Crippen molar-refractivity contribution >= 4 is 17.2 Å². The van der Waals surface area contributed by atoms with E-state index in [0.717, 1.165) is 37.5 Å². The molecule has 0 radical (unpaired) electrons. The third kappa shape index (κ3) is 2.97. The van der Waals surface area contributed by atoms with Crippen LogP contribution in [0.15, 0.2) is 60.9 Å². The van der Waals surface area contributed by atoms with E-state index in [1.165, 1.54) is 5.69 Å². The predicted octanol–water partition coefficient (Wildman–Crippen LogP) is 2.23. The Kier molecular flexibility index (Phi) is 3.91. The van der Waals surface area contributed by atoms with E-state index in [0.29, 0.717) is 6.42 Å². The molecule has 3 aromatic rings. The van der Waals surface area contributed by atoms with Gasteiger partial charge in [-0.3, -0.25) is 4.79 Å². The van der Waals surface area contributed by atoms with Crippen LogP contribution in [0.5, 0.6) is 0 Å². The van der Waals surface area contributed by atoms with E-state index in [1.54, 1.807) is 0 Å². The number of nitrogens with zero attached hydrogens (tertiary/aromatic N) is 4. The molecule has 1 aliphatic heterocycles. The number of amides is 1. The van der Waals surface area contributed by atoms with Crippen LogP contribution in [0.3, 0.4) is 0 Å². The van der Waals surface area contributed by atoms with E-state index < -0.39 is 0 Å². The van der Waals surface area contributed by atoms with Gasteiger partial charge in [-0.1, -0.05) is 24.3 Å². The number of carbonyl (C=O) groups excluding carboxylic acids is 1. The van der Waals surface area contributed by atoms with Crippen LogP contribution in [0.1, 0.15) is 5.69 Å². The molecule has 5 nitrogen and oxygen atoms in total. The third-order valence-corrected chi connectivity index (χ3v) is 4.50. The van der Waals surface area contributed by atoms with E-state index >= 15 is 0 Å². The summed E-state index contributed by atoms with van der Waals surface area (Å²) in [5, 5.41) is 0. The van der Waals surface area contributed by atoms with Crippen molar-refractivity contribution in [3.8, 4) is 0 Å². The Morgan fingerprint density at radius 3 is 2.46 bits per heavy atom. The minimum atomic E-state index is 0.158. The average molecular weight is 320 g/mol. The molecule has 0 bridgehead atoms. The predicted molar refractivity (Wildman–Crippen MR) is 94.1 cm³/mol. The van der Waals surface area contributed by atoms with Gasteiger partial charge in [0, 0.05) is 44.3 Å². The Morgan fingerprint density at radius 1 is 0.958 bits per heavy atom. The first-order valence-electron chi connectivity index (χ1n) is 8.30. The molecule has 0 saturated carbocycles. The number of pyridine rings is 1. The number of carbonyl (C=O) groups is 1. The fourth-order valence-electron chi connectivity index (χ4n) is 3.19. The molecule has 1 aromatic carbocycles. The number of hydrogen-bond acceptors (Lipinski definition) is 3. The number of imidazole rings is 1. The summed E-state index contributed by atoms with van der Waals surface area (Å²) in [5.41, 5.74) is 2.94. The fourth-order valence-corrected chi connectivity index (χ4v) is 3.19. The van der Waals surface area contributed by atoms with Gasteiger partial charge in [-0.25, -0.2) is 4.98 Å². The van der Waals surface area contributed by atoms with Gasteiger partial charge in [0.1, 0.15) is 5.65 Å². The van der Waals surface area contributed by atoms with Crippen LogP contribution < -0.4 is 4.90 Å². The van der Waals surface area contributed by atoms with Gasteiger partial charge in [-0.05, 0) is 24.3 Å². The monoisotopic (exact) mass is 320 g/mol. The maximum absolute atomic E-state index is 12.5. The zero-order valence-corrected chi connectivity index (χ0v) is 13.5. The minimum Gasteiger partial charge on any atom is -0.368 e. The third-order valence-electron chi connectivity index (χ3n) is 4.50. The smallest absolute Gasteiger partial charge is 0.228 e. The van der Waals surface area contributed by atoms with Crippen molar-refractivity contribution in [3.63, 3.8) is 0 Å². The van der Waals surface area contributed by atoms with E-state index in [1.807, 2.05) is 46.0 Å². The summed E-state index contributed by atoms with van der Waals surface area (Å²) in [6, 6.07) is 16.2. The Balaban J connectivity index is 1.37. The van der Waals surface area contributed by atoms with Crippen molar-refractivity contribution in [2.24, 2.45) is 0 Å². The maximum Gasteiger partial charge on any atom is 0.228 e. The van der Waals surface area contributed by atoms with Crippen molar-refractivity contribution in [1.29, 1.82) is 0 Å². The Labute approximate surface area is 141 Å².